The second-order valence-electron chi connectivity index (χ2n) is 4.58. The summed E-state index contributed by atoms with van der Waals surface area (Å²) in [6.45, 7) is 2.14. The van der Waals surface area contributed by atoms with Gasteiger partial charge in [-0.25, -0.2) is 0 Å². The third-order valence-corrected chi connectivity index (χ3v) is 4.01. The molecule has 0 bridgehead atoms. The van der Waals surface area contributed by atoms with Gasteiger partial charge in [0.05, 0.1) is 6.61 Å². The second-order valence-corrected chi connectivity index (χ2v) is 5.37. The Balaban J connectivity index is 2.88. The number of esters is 1. The molecular weight excluding hydrogens is 284 g/mol. The van der Waals surface area contributed by atoms with Crippen LogP contribution in [0.1, 0.15) is 51.9 Å². The molecule has 0 aliphatic heterocycles. The summed E-state index contributed by atoms with van der Waals surface area (Å²) < 4.78 is 5.13. The normalized spacial score (nSPS) is 25.4. The molecule has 0 aromatic rings. The molecule has 0 saturated heterocycles. The van der Waals surface area contributed by atoms with Crippen molar-refractivity contribution in [3.63, 3.8) is 0 Å². The van der Waals surface area contributed by atoms with Crippen LogP contribution in [-0.4, -0.2) is 23.7 Å². The van der Waals surface area contributed by atoms with Gasteiger partial charge in [-0.1, -0.05) is 28.8 Å². The van der Waals surface area contributed by atoms with Gasteiger partial charge < -0.3 is 4.74 Å². The van der Waals surface area contributed by atoms with Gasteiger partial charge in [-0.15, -0.1) is 0 Å². The van der Waals surface area contributed by atoms with E-state index in [1.807, 2.05) is 0 Å². The molecule has 1 rings (SSSR count). The van der Waals surface area contributed by atoms with Crippen molar-refractivity contribution in [1.29, 1.82) is 0 Å². The van der Waals surface area contributed by atoms with Crippen LogP contribution in [-0.2, 0) is 14.3 Å². The molecule has 0 N–H and O–H groups in total. The summed E-state index contributed by atoms with van der Waals surface area (Å²) >= 11 is 3.36. The molecule has 1 atom stereocenters. The Morgan fingerprint density at radius 2 is 2.18 bits per heavy atom. The fourth-order valence-corrected chi connectivity index (χ4v) is 2.77. The Bertz CT molecular complexity index is 278. The molecule has 3 nitrogen and oxygen atoms in total. The summed E-state index contributed by atoms with van der Waals surface area (Å²) in [5.74, 6) is -0.206. The van der Waals surface area contributed by atoms with Gasteiger partial charge in [0.15, 0.2) is 0 Å². The van der Waals surface area contributed by atoms with Crippen molar-refractivity contribution in [2.75, 3.05) is 11.9 Å². The second kappa shape index (κ2) is 7.14. The minimum absolute atomic E-state index is 0.0920. The standard InChI is InChI=1S/C13H21BrO3/c1-2-17-12(16)13(9-6-10-14)8-5-3-4-7-11(13)15/h2-10H2,1H3. The van der Waals surface area contributed by atoms with Crippen molar-refractivity contribution in [1.82, 2.24) is 0 Å². The van der Waals surface area contributed by atoms with E-state index in [-0.39, 0.29) is 11.8 Å². The quantitative estimate of drug-likeness (QED) is 0.339. The predicted octanol–water partition coefficient (Wildman–Crippen LogP) is 3.24. The number of hydrogen-bond acceptors (Lipinski definition) is 3. The maximum atomic E-state index is 12.2. The Kier molecular flexibility index (Phi) is 6.17. The molecule has 0 aromatic heterocycles. The van der Waals surface area contributed by atoms with E-state index in [0.717, 1.165) is 31.0 Å². The molecule has 1 aliphatic rings. The van der Waals surface area contributed by atoms with E-state index >= 15 is 0 Å². The lowest BCUT2D eigenvalue weighted by Gasteiger charge is -2.28. The first kappa shape index (κ1) is 14.7. The molecule has 1 fully saturated rings. The third kappa shape index (κ3) is 3.54. The molecule has 1 unspecified atom stereocenters. The van der Waals surface area contributed by atoms with Crippen LogP contribution in [0.4, 0.5) is 0 Å². The lowest BCUT2D eigenvalue weighted by atomic mass is 9.75. The van der Waals surface area contributed by atoms with Gasteiger partial charge in [-0.2, -0.15) is 0 Å². The Labute approximate surface area is 111 Å². The summed E-state index contributed by atoms with van der Waals surface area (Å²) in [7, 11) is 0. The lowest BCUT2D eigenvalue weighted by molar-refractivity contribution is -0.161. The number of halogens is 1. The Morgan fingerprint density at radius 3 is 2.82 bits per heavy atom. The van der Waals surface area contributed by atoms with Gasteiger partial charge in [-0.3, -0.25) is 9.59 Å². The molecule has 0 amide bonds. The van der Waals surface area contributed by atoms with Crippen LogP contribution in [0.5, 0.6) is 0 Å². The van der Waals surface area contributed by atoms with Crippen LogP contribution < -0.4 is 0 Å². The molecular formula is C13H21BrO3. The Morgan fingerprint density at radius 1 is 1.41 bits per heavy atom. The number of ketones is 1. The highest BCUT2D eigenvalue weighted by Gasteiger charge is 2.46. The van der Waals surface area contributed by atoms with E-state index in [4.69, 9.17) is 4.74 Å². The average Bonchev–Trinajstić information content (AvgIpc) is 2.50. The fraction of sp³-hybridized carbons (Fsp3) is 0.846. The monoisotopic (exact) mass is 304 g/mol. The van der Waals surface area contributed by atoms with E-state index in [0.29, 0.717) is 25.9 Å². The molecule has 1 saturated carbocycles. The van der Waals surface area contributed by atoms with Gasteiger partial charge in [0.25, 0.3) is 0 Å². The van der Waals surface area contributed by atoms with Gasteiger partial charge >= 0.3 is 5.97 Å². The van der Waals surface area contributed by atoms with E-state index in [2.05, 4.69) is 15.9 Å². The number of carbonyl (C=O) groups is 2. The first-order valence-corrected chi connectivity index (χ1v) is 7.56. The maximum absolute atomic E-state index is 12.2. The molecule has 0 radical (unpaired) electrons. The average molecular weight is 305 g/mol. The van der Waals surface area contributed by atoms with Crippen molar-refractivity contribution >= 4 is 27.7 Å². The lowest BCUT2D eigenvalue weighted by Crippen LogP contribution is -2.40. The molecule has 0 heterocycles. The number of Topliss-reactive ketones (excluding diaryl/α,β-unsaturated/α-hetero) is 1. The van der Waals surface area contributed by atoms with E-state index in [1.165, 1.54) is 0 Å². The number of hydrogen-bond donors (Lipinski definition) is 0. The van der Waals surface area contributed by atoms with Gasteiger partial charge in [0.1, 0.15) is 11.2 Å². The van der Waals surface area contributed by atoms with Crippen molar-refractivity contribution < 1.29 is 14.3 Å². The predicted molar refractivity (Wildman–Crippen MR) is 70.2 cm³/mol. The molecule has 4 heteroatoms. The van der Waals surface area contributed by atoms with Crippen LogP contribution in [0.2, 0.25) is 0 Å². The van der Waals surface area contributed by atoms with E-state index in [1.54, 1.807) is 6.92 Å². The molecule has 1 aliphatic carbocycles. The highest BCUT2D eigenvalue weighted by atomic mass is 79.9. The SMILES string of the molecule is CCOC(=O)C1(CCCBr)CCCCCC1=O. The maximum Gasteiger partial charge on any atom is 0.319 e. The largest absolute Gasteiger partial charge is 0.465 e. The number of rotatable bonds is 5. The van der Waals surface area contributed by atoms with Crippen LogP contribution in [0, 0.1) is 5.41 Å². The van der Waals surface area contributed by atoms with Crippen molar-refractivity contribution in [3.8, 4) is 0 Å². The summed E-state index contributed by atoms with van der Waals surface area (Å²) in [6.07, 6.45) is 5.56. The van der Waals surface area contributed by atoms with Crippen LogP contribution in [0.3, 0.4) is 0 Å². The smallest absolute Gasteiger partial charge is 0.319 e. The van der Waals surface area contributed by atoms with Crippen molar-refractivity contribution in [2.24, 2.45) is 5.41 Å². The van der Waals surface area contributed by atoms with Gasteiger partial charge in [0, 0.05) is 11.8 Å². The fourth-order valence-electron chi connectivity index (χ4n) is 2.49. The number of alkyl halides is 1. The zero-order chi connectivity index (χ0) is 12.7. The number of carbonyl (C=O) groups excluding carboxylic acids is 2. The van der Waals surface area contributed by atoms with Crippen LogP contribution >= 0.6 is 15.9 Å². The van der Waals surface area contributed by atoms with Crippen molar-refractivity contribution in [2.45, 2.75) is 51.9 Å². The van der Waals surface area contributed by atoms with E-state index in [9.17, 15) is 9.59 Å². The van der Waals surface area contributed by atoms with E-state index < -0.39 is 5.41 Å². The summed E-state index contributed by atoms with van der Waals surface area (Å²) in [5.41, 5.74) is -0.847. The molecule has 0 aromatic carbocycles. The Hall–Kier alpha value is -0.380. The summed E-state index contributed by atoms with van der Waals surface area (Å²) in [4.78, 5) is 24.4. The summed E-state index contributed by atoms with van der Waals surface area (Å²) in [6, 6.07) is 0. The summed E-state index contributed by atoms with van der Waals surface area (Å²) in [5, 5.41) is 0.821. The van der Waals surface area contributed by atoms with Crippen molar-refractivity contribution in [3.05, 3.63) is 0 Å². The highest BCUT2D eigenvalue weighted by molar-refractivity contribution is 9.09. The third-order valence-electron chi connectivity index (χ3n) is 3.44. The van der Waals surface area contributed by atoms with Gasteiger partial charge in [-0.05, 0) is 32.6 Å². The van der Waals surface area contributed by atoms with Gasteiger partial charge in [0.2, 0.25) is 0 Å². The molecule has 98 valence electrons. The zero-order valence-corrected chi connectivity index (χ0v) is 12.1. The minimum atomic E-state index is -0.847. The highest BCUT2D eigenvalue weighted by Crippen LogP contribution is 2.38. The number of ether oxygens (including phenoxy) is 1. The molecule has 0 spiro atoms. The van der Waals surface area contributed by atoms with Crippen LogP contribution in [0.15, 0.2) is 0 Å². The first-order chi connectivity index (χ1) is 8.17. The minimum Gasteiger partial charge on any atom is -0.465 e. The zero-order valence-electron chi connectivity index (χ0n) is 10.5. The topological polar surface area (TPSA) is 43.4 Å². The van der Waals surface area contributed by atoms with Crippen LogP contribution in [0.25, 0.3) is 0 Å². The molecule has 17 heavy (non-hydrogen) atoms. The first-order valence-electron chi connectivity index (χ1n) is 6.44.